The van der Waals surface area contributed by atoms with Crippen molar-refractivity contribution in [1.29, 1.82) is 0 Å². The summed E-state index contributed by atoms with van der Waals surface area (Å²) in [4.78, 5) is 4.68. The number of aliphatic imine (C=N–C) groups is 1. The van der Waals surface area contributed by atoms with Gasteiger partial charge in [-0.15, -0.1) is 0 Å². The highest BCUT2D eigenvalue weighted by Gasteiger charge is 2.29. The molecular weight excluding hydrogens is 402 g/mol. The lowest BCUT2D eigenvalue weighted by Crippen LogP contribution is -2.30. The van der Waals surface area contributed by atoms with E-state index in [4.69, 9.17) is 21.1 Å². The molecule has 160 valence electrons. The van der Waals surface area contributed by atoms with Crippen LogP contribution in [0.15, 0.2) is 52.2 Å². The first-order valence-electron chi connectivity index (χ1n) is 10.3. The number of halogens is 1. The Balaban J connectivity index is 1.68. The predicted molar refractivity (Wildman–Crippen MR) is 119 cm³/mol. The van der Waals surface area contributed by atoms with Crippen LogP contribution in [0.5, 0.6) is 0 Å². The average Bonchev–Trinajstić information content (AvgIpc) is 3.18. The number of allylic oxidation sites excluding steroid dienone is 3. The molecule has 3 heterocycles. The van der Waals surface area contributed by atoms with Crippen molar-refractivity contribution in [3.63, 3.8) is 0 Å². The Labute approximate surface area is 182 Å². The number of hydrogen-bond donors (Lipinski definition) is 1. The van der Waals surface area contributed by atoms with E-state index < -0.39 is 5.60 Å². The SMILES string of the molecule is CC1C=C(c2ccc(C3OCCO3)cc2)N2N=C(Cl)CC(=NCC(C)(C)O)C2=CC1. The van der Waals surface area contributed by atoms with E-state index in [1.165, 1.54) is 0 Å². The fourth-order valence-electron chi connectivity index (χ4n) is 3.65. The molecule has 1 fully saturated rings. The van der Waals surface area contributed by atoms with Crippen LogP contribution in [0.3, 0.4) is 0 Å². The average molecular weight is 430 g/mol. The highest BCUT2D eigenvalue weighted by atomic mass is 35.5. The second-order valence-electron chi connectivity index (χ2n) is 8.59. The van der Waals surface area contributed by atoms with Crippen molar-refractivity contribution in [3.8, 4) is 0 Å². The molecule has 1 aromatic carbocycles. The molecule has 1 saturated heterocycles. The van der Waals surface area contributed by atoms with E-state index in [0.29, 0.717) is 37.3 Å². The molecule has 1 N–H and O–H groups in total. The highest BCUT2D eigenvalue weighted by molar-refractivity contribution is 6.67. The molecule has 30 heavy (non-hydrogen) atoms. The first kappa shape index (κ1) is 21.2. The Morgan fingerprint density at radius 1 is 1.20 bits per heavy atom. The summed E-state index contributed by atoms with van der Waals surface area (Å²) in [6.45, 7) is 7.24. The van der Waals surface area contributed by atoms with E-state index in [-0.39, 0.29) is 6.29 Å². The number of hydrogen-bond acceptors (Lipinski definition) is 6. The molecule has 3 aliphatic rings. The molecule has 1 atom stereocenters. The second-order valence-corrected chi connectivity index (χ2v) is 9.03. The zero-order chi connectivity index (χ0) is 21.3. The van der Waals surface area contributed by atoms with Gasteiger partial charge < -0.3 is 14.6 Å². The van der Waals surface area contributed by atoms with Crippen LogP contribution in [0.1, 0.15) is 51.0 Å². The van der Waals surface area contributed by atoms with Gasteiger partial charge in [-0.3, -0.25) is 4.99 Å². The molecule has 1 unspecified atom stereocenters. The zero-order valence-electron chi connectivity index (χ0n) is 17.6. The minimum atomic E-state index is -0.879. The molecule has 0 aromatic heterocycles. The maximum atomic E-state index is 10.1. The molecule has 0 saturated carbocycles. The summed E-state index contributed by atoms with van der Waals surface area (Å²) in [5.74, 6) is 0.337. The molecule has 6 nitrogen and oxygen atoms in total. The number of ether oxygens (including phenoxy) is 2. The van der Waals surface area contributed by atoms with Gasteiger partial charge in [-0.25, -0.2) is 5.01 Å². The number of rotatable bonds is 4. The Morgan fingerprint density at radius 3 is 2.57 bits per heavy atom. The van der Waals surface area contributed by atoms with Gasteiger partial charge in [0, 0.05) is 12.0 Å². The van der Waals surface area contributed by atoms with Gasteiger partial charge in [0.25, 0.3) is 0 Å². The summed E-state index contributed by atoms with van der Waals surface area (Å²) in [5, 5.41) is 17.1. The van der Waals surface area contributed by atoms with Crippen LogP contribution in [0, 0.1) is 5.92 Å². The van der Waals surface area contributed by atoms with E-state index in [0.717, 1.165) is 34.7 Å². The second kappa shape index (κ2) is 8.63. The van der Waals surface area contributed by atoms with Crippen molar-refractivity contribution in [1.82, 2.24) is 5.01 Å². The van der Waals surface area contributed by atoms with E-state index in [1.54, 1.807) is 13.8 Å². The molecule has 4 rings (SSSR count). The third-order valence-corrected chi connectivity index (χ3v) is 5.37. The summed E-state index contributed by atoms with van der Waals surface area (Å²) in [6.07, 6.45) is 5.44. The third kappa shape index (κ3) is 4.83. The Morgan fingerprint density at radius 2 is 1.90 bits per heavy atom. The number of aliphatic hydroxyl groups is 1. The van der Waals surface area contributed by atoms with E-state index in [1.807, 2.05) is 17.1 Å². The van der Waals surface area contributed by atoms with Crippen molar-refractivity contribution in [2.75, 3.05) is 19.8 Å². The Bertz CT molecular complexity index is 907. The summed E-state index contributed by atoms with van der Waals surface area (Å²) in [5.41, 5.74) is 3.92. The number of fused-ring (bicyclic) bond motifs is 1. The van der Waals surface area contributed by atoms with Crippen molar-refractivity contribution in [3.05, 3.63) is 53.2 Å². The molecule has 0 radical (unpaired) electrons. The lowest BCUT2D eigenvalue weighted by molar-refractivity contribution is -0.0441. The fraction of sp³-hybridized carbons (Fsp3) is 0.478. The van der Waals surface area contributed by atoms with Crippen LogP contribution in [-0.2, 0) is 9.47 Å². The molecule has 0 amide bonds. The van der Waals surface area contributed by atoms with Crippen molar-refractivity contribution >= 4 is 28.2 Å². The van der Waals surface area contributed by atoms with E-state index in [2.05, 4.69) is 41.3 Å². The van der Waals surface area contributed by atoms with Gasteiger partial charge in [0.15, 0.2) is 6.29 Å². The van der Waals surface area contributed by atoms with E-state index in [9.17, 15) is 5.11 Å². The minimum Gasteiger partial charge on any atom is -0.389 e. The first-order chi connectivity index (χ1) is 14.3. The maximum absolute atomic E-state index is 10.1. The maximum Gasteiger partial charge on any atom is 0.184 e. The van der Waals surface area contributed by atoms with Gasteiger partial charge in [-0.05, 0) is 31.7 Å². The predicted octanol–water partition coefficient (Wildman–Crippen LogP) is 4.47. The molecular formula is C23H28ClN3O3. The third-order valence-electron chi connectivity index (χ3n) is 5.16. The minimum absolute atomic E-state index is 0.292. The van der Waals surface area contributed by atoms with E-state index >= 15 is 0 Å². The van der Waals surface area contributed by atoms with Crippen molar-refractivity contribution < 1.29 is 14.6 Å². The quantitative estimate of drug-likeness (QED) is 0.766. The normalized spacial score (nSPS) is 24.3. The standard InChI is InChI=1S/C23H28ClN3O3/c1-15-4-9-19-18(25-14-23(2,3)28)13-21(24)26-27(19)20(12-15)16-5-7-17(8-6-16)22-29-10-11-30-22/h5-9,12,15,22,28H,4,10-11,13-14H2,1-3H3. The molecule has 0 spiro atoms. The Kier molecular flexibility index (Phi) is 6.11. The van der Waals surface area contributed by atoms with Crippen LogP contribution in [-0.4, -0.2) is 46.4 Å². The lowest BCUT2D eigenvalue weighted by Gasteiger charge is -2.30. The van der Waals surface area contributed by atoms with Crippen molar-refractivity contribution in [2.45, 2.75) is 45.5 Å². The van der Waals surface area contributed by atoms with Crippen LogP contribution in [0.2, 0.25) is 0 Å². The van der Waals surface area contributed by atoms with Gasteiger partial charge in [0.2, 0.25) is 0 Å². The smallest absolute Gasteiger partial charge is 0.184 e. The van der Waals surface area contributed by atoms with Gasteiger partial charge in [0.05, 0.1) is 42.5 Å². The molecule has 0 aliphatic carbocycles. The summed E-state index contributed by atoms with van der Waals surface area (Å²) < 4.78 is 11.2. The highest BCUT2D eigenvalue weighted by Crippen LogP contribution is 2.35. The molecule has 1 aromatic rings. The molecule has 0 bridgehead atoms. The zero-order valence-corrected chi connectivity index (χ0v) is 18.4. The summed E-state index contributed by atoms with van der Waals surface area (Å²) >= 11 is 6.41. The van der Waals surface area contributed by atoms with Gasteiger partial charge in [-0.2, -0.15) is 5.10 Å². The Hall–Kier alpha value is -1.99. The van der Waals surface area contributed by atoms with Crippen LogP contribution < -0.4 is 0 Å². The number of hydrazone groups is 1. The summed E-state index contributed by atoms with van der Waals surface area (Å²) in [7, 11) is 0. The molecule has 3 aliphatic heterocycles. The topological polar surface area (TPSA) is 66.7 Å². The number of nitrogens with zero attached hydrogens (tertiary/aromatic N) is 3. The molecule has 7 heteroatoms. The number of benzene rings is 1. The van der Waals surface area contributed by atoms with Crippen LogP contribution in [0.4, 0.5) is 0 Å². The van der Waals surface area contributed by atoms with Gasteiger partial charge >= 0.3 is 0 Å². The first-order valence-corrected chi connectivity index (χ1v) is 10.7. The van der Waals surface area contributed by atoms with Gasteiger partial charge in [-0.1, -0.05) is 54.9 Å². The lowest BCUT2D eigenvalue weighted by atomic mass is 10.0. The fourth-order valence-corrected chi connectivity index (χ4v) is 3.85. The largest absolute Gasteiger partial charge is 0.389 e. The monoisotopic (exact) mass is 429 g/mol. The summed E-state index contributed by atoms with van der Waals surface area (Å²) in [6, 6.07) is 8.19. The van der Waals surface area contributed by atoms with Crippen LogP contribution in [0.25, 0.3) is 5.70 Å². The van der Waals surface area contributed by atoms with Crippen LogP contribution >= 0.6 is 11.6 Å². The van der Waals surface area contributed by atoms with Crippen molar-refractivity contribution in [2.24, 2.45) is 16.0 Å². The van der Waals surface area contributed by atoms with Gasteiger partial charge in [0.1, 0.15) is 5.17 Å².